The fraction of sp³-hybridized carbons (Fsp3) is 0.667. The van der Waals surface area contributed by atoms with E-state index in [1.807, 2.05) is 38.9 Å². The number of aromatic nitrogens is 1. The van der Waals surface area contributed by atoms with Gasteiger partial charge in [-0.05, 0) is 31.9 Å². The quantitative estimate of drug-likeness (QED) is 0.851. The number of amides is 1. The van der Waals surface area contributed by atoms with E-state index in [9.17, 15) is 4.79 Å². The summed E-state index contributed by atoms with van der Waals surface area (Å²) in [5.74, 6) is 0.696. The predicted octanol–water partition coefficient (Wildman–Crippen LogP) is 1.33. The van der Waals surface area contributed by atoms with Gasteiger partial charge in [-0.2, -0.15) is 0 Å². The molecule has 1 aliphatic rings. The minimum absolute atomic E-state index is 0.0514. The Hall–Kier alpha value is -1.66. The summed E-state index contributed by atoms with van der Waals surface area (Å²) in [5, 5.41) is 2.98. The van der Waals surface area contributed by atoms with Gasteiger partial charge in [-0.15, -0.1) is 0 Å². The molecule has 6 nitrogen and oxygen atoms in total. The van der Waals surface area contributed by atoms with Gasteiger partial charge in [-0.3, -0.25) is 4.79 Å². The molecule has 24 heavy (non-hydrogen) atoms. The molecule has 0 saturated carbocycles. The first-order chi connectivity index (χ1) is 11.4. The molecule has 1 aliphatic heterocycles. The molecule has 6 heteroatoms. The van der Waals surface area contributed by atoms with Crippen molar-refractivity contribution < 1.29 is 9.53 Å². The number of fused-ring (bicyclic) bond motifs is 1. The zero-order valence-electron chi connectivity index (χ0n) is 15.6. The largest absolute Gasteiger partial charge is 0.383 e. The molecule has 0 radical (unpaired) electrons. The van der Waals surface area contributed by atoms with Crippen LogP contribution in [0.1, 0.15) is 35.5 Å². The summed E-state index contributed by atoms with van der Waals surface area (Å²) in [6.45, 7) is 7.58. The van der Waals surface area contributed by atoms with Gasteiger partial charge in [-0.25, -0.2) is 4.98 Å². The SMILES string of the molecule is COCCN1CCc2cc(C(=O)NC(C)C)c(N(C)C)nc2CC1. The fourth-order valence-electron chi connectivity index (χ4n) is 2.96. The zero-order valence-corrected chi connectivity index (χ0v) is 15.6. The van der Waals surface area contributed by atoms with Crippen LogP contribution in [0, 0.1) is 0 Å². The van der Waals surface area contributed by atoms with Crippen molar-refractivity contribution in [2.75, 3.05) is 52.3 Å². The number of ether oxygens (including phenoxy) is 1. The molecule has 2 rings (SSSR count). The minimum atomic E-state index is -0.0514. The highest BCUT2D eigenvalue weighted by Crippen LogP contribution is 2.23. The van der Waals surface area contributed by atoms with E-state index in [4.69, 9.17) is 9.72 Å². The number of rotatable bonds is 6. The predicted molar refractivity (Wildman–Crippen MR) is 96.9 cm³/mol. The summed E-state index contributed by atoms with van der Waals surface area (Å²) in [4.78, 5) is 21.7. The van der Waals surface area contributed by atoms with Gasteiger partial charge in [0.2, 0.25) is 0 Å². The summed E-state index contributed by atoms with van der Waals surface area (Å²) in [7, 11) is 5.60. The Balaban J connectivity index is 2.27. The van der Waals surface area contributed by atoms with Gasteiger partial charge >= 0.3 is 0 Å². The van der Waals surface area contributed by atoms with Gasteiger partial charge < -0.3 is 19.9 Å². The van der Waals surface area contributed by atoms with E-state index in [-0.39, 0.29) is 11.9 Å². The number of methoxy groups -OCH3 is 1. The molecule has 134 valence electrons. The molecule has 0 unspecified atom stereocenters. The number of nitrogens with one attached hydrogen (secondary N) is 1. The van der Waals surface area contributed by atoms with Crippen LogP contribution in [0.4, 0.5) is 5.82 Å². The smallest absolute Gasteiger partial charge is 0.255 e. The monoisotopic (exact) mass is 334 g/mol. The Kier molecular flexibility index (Phi) is 6.57. The molecule has 1 amide bonds. The van der Waals surface area contributed by atoms with Crippen molar-refractivity contribution >= 4 is 11.7 Å². The number of pyridine rings is 1. The lowest BCUT2D eigenvalue weighted by molar-refractivity contribution is 0.0943. The molecule has 1 aromatic heterocycles. The lowest BCUT2D eigenvalue weighted by Crippen LogP contribution is -2.32. The van der Waals surface area contributed by atoms with Crippen molar-refractivity contribution in [2.24, 2.45) is 0 Å². The van der Waals surface area contributed by atoms with Gasteiger partial charge in [0, 0.05) is 59.0 Å². The van der Waals surface area contributed by atoms with Crippen LogP contribution < -0.4 is 10.2 Å². The Morgan fingerprint density at radius 2 is 2.08 bits per heavy atom. The zero-order chi connectivity index (χ0) is 17.7. The van der Waals surface area contributed by atoms with Crippen molar-refractivity contribution in [2.45, 2.75) is 32.7 Å². The van der Waals surface area contributed by atoms with Gasteiger partial charge in [0.25, 0.3) is 5.91 Å². The number of hydrogen-bond acceptors (Lipinski definition) is 5. The molecule has 0 atom stereocenters. The normalized spacial score (nSPS) is 15.1. The molecule has 0 aliphatic carbocycles. The van der Waals surface area contributed by atoms with Crippen molar-refractivity contribution in [1.82, 2.24) is 15.2 Å². The van der Waals surface area contributed by atoms with Crippen LogP contribution in [0.2, 0.25) is 0 Å². The summed E-state index contributed by atoms with van der Waals surface area (Å²) < 4.78 is 5.18. The van der Waals surface area contributed by atoms with Crippen molar-refractivity contribution in [3.05, 3.63) is 22.9 Å². The second kappa shape index (κ2) is 8.44. The molecule has 1 N–H and O–H groups in total. The van der Waals surface area contributed by atoms with E-state index < -0.39 is 0 Å². The van der Waals surface area contributed by atoms with Crippen molar-refractivity contribution in [3.63, 3.8) is 0 Å². The van der Waals surface area contributed by atoms with Gasteiger partial charge in [-0.1, -0.05) is 0 Å². The summed E-state index contributed by atoms with van der Waals surface area (Å²) in [6.07, 6.45) is 1.83. The van der Waals surface area contributed by atoms with E-state index in [1.54, 1.807) is 7.11 Å². The Morgan fingerprint density at radius 1 is 1.38 bits per heavy atom. The Bertz CT molecular complexity index is 572. The molecule has 2 heterocycles. The van der Waals surface area contributed by atoms with Crippen LogP contribution in [0.5, 0.6) is 0 Å². The molecular weight excluding hydrogens is 304 g/mol. The van der Waals surface area contributed by atoms with Crippen LogP contribution in [-0.2, 0) is 17.6 Å². The third kappa shape index (κ3) is 4.68. The van der Waals surface area contributed by atoms with Crippen molar-refractivity contribution in [1.29, 1.82) is 0 Å². The number of hydrogen-bond donors (Lipinski definition) is 1. The van der Waals surface area contributed by atoms with Gasteiger partial charge in [0.15, 0.2) is 0 Å². The van der Waals surface area contributed by atoms with Crippen molar-refractivity contribution in [3.8, 4) is 0 Å². The first-order valence-electron chi connectivity index (χ1n) is 8.64. The van der Waals surface area contributed by atoms with Gasteiger partial charge in [0.05, 0.1) is 12.2 Å². The summed E-state index contributed by atoms with van der Waals surface area (Å²) in [6, 6.07) is 2.14. The molecule has 0 bridgehead atoms. The average Bonchev–Trinajstić information content (AvgIpc) is 2.72. The third-order valence-electron chi connectivity index (χ3n) is 4.23. The average molecular weight is 334 g/mol. The summed E-state index contributed by atoms with van der Waals surface area (Å²) in [5.41, 5.74) is 2.96. The molecule has 0 aromatic carbocycles. The van der Waals surface area contributed by atoms with E-state index in [2.05, 4.69) is 10.2 Å². The van der Waals surface area contributed by atoms with Crippen LogP contribution in [0.25, 0.3) is 0 Å². The number of nitrogens with zero attached hydrogens (tertiary/aromatic N) is 3. The molecule has 0 saturated heterocycles. The third-order valence-corrected chi connectivity index (χ3v) is 4.23. The highest BCUT2D eigenvalue weighted by molar-refractivity contribution is 5.99. The molecule has 0 spiro atoms. The van der Waals surface area contributed by atoms with Crippen LogP contribution in [-0.4, -0.2) is 69.3 Å². The Morgan fingerprint density at radius 3 is 2.71 bits per heavy atom. The first kappa shape index (κ1) is 18.7. The highest BCUT2D eigenvalue weighted by atomic mass is 16.5. The fourth-order valence-corrected chi connectivity index (χ4v) is 2.96. The lowest BCUT2D eigenvalue weighted by atomic mass is 10.0. The van der Waals surface area contributed by atoms with E-state index in [0.29, 0.717) is 5.56 Å². The van der Waals surface area contributed by atoms with E-state index in [0.717, 1.165) is 50.6 Å². The maximum Gasteiger partial charge on any atom is 0.255 e. The lowest BCUT2D eigenvalue weighted by Gasteiger charge is -2.19. The number of carbonyl (C=O) groups is 1. The van der Waals surface area contributed by atoms with E-state index in [1.165, 1.54) is 5.56 Å². The number of carbonyl (C=O) groups excluding carboxylic acids is 1. The van der Waals surface area contributed by atoms with Gasteiger partial charge in [0.1, 0.15) is 5.82 Å². The maximum atomic E-state index is 12.6. The topological polar surface area (TPSA) is 57.7 Å². The second-order valence-corrected chi connectivity index (χ2v) is 6.82. The van der Waals surface area contributed by atoms with Crippen LogP contribution in [0.15, 0.2) is 6.07 Å². The highest BCUT2D eigenvalue weighted by Gasteiger charge is 2.21. The molecule has 0 fully saturated rings. The molecular formula is C18H30N4O2. The number of anilines is 1. The minimum Gasteiger partial charge on any atom is -0.383 e. The van der Waals surface area contributed by atoms with Crippen LogP contribution in [0.3, 0.4) is 0 Å². The molecule has 1 aromatic rings. The summed E-state index contributed by atoms with van der Waals surface area (Å²) >= 11 is 0. The van der Waals surface area contributed by atoms with E-state index >= 15 is 0 Å². The van der Waals surface area contributed by atoms with Crippen LogP contribution >= 0.6 is 0 Å². The second-order valence-electron chi connectivity index (χ2n) is 6.82. The Labute approximate surface area is 145 Å². The maximum absolute atomic E-state index is 12.6. The first-order valence-corrected chi connectivity index (χ1v) is 8.64. The standard InChI is InChI=1S/C18H30N4O2/c1-13(2)19-18(23)15-12-14-6-8-22(10-11-24-5)9-7-16(14)20-17(15)21(3)4/h12-13H,6-11H2,1-5H3,(H,19,23).